The van der Waals surface area contributed by atoms with E-state index < -0.39 is 5.82 Å². The third-order valence-corrected chi connectivity index (χ3v) is 2.79. The van der Waals surface area contributed by atoms with E-state index in [2.05, 4.69) is 17.2 Å². The minimum Gasteiger partial charge on any atom is -0.395 e. The number of aliphatic hydroxyl groups excluding tert-OH is 1. The van der Waals surface area contributed by atoms with E-state index in [0.717, 1.165) is 12.8 Å². The molecule has 1 amide bonds. The number of hydrogen-bond acceptors (Lipinski definition) is 2. The van der Waals surface area contributed by atoms with Crippen molar-refractivity contribution in [2.45, 2.75) is 39.2 Å². The first-order valence-electron chi connectivity index (χ1n) is 6.78. The van der Waals surface area contributed by atoms with E-state index in [-0.39, 0.29) is 24.1 Å². The lowest BCUT2D eigenvalue weighted by Crippen LogP contribution is -2.32. The van der Waals surface area contributed by atoms with Crippen LogP contribution in [-0.4, -0.2) is 23.7 Å². The summed E-state index contributed by atoms with van der Waals surface area (Å²) in [6.45, 7) is 3.91. The maximum atomic E-state index is 13.3. The fourth-order valence-corrected chi connectivity index (χ4v) is 1.83. The normalized spacial score (nSPS) is 11.4. The smallest absolute Gasteiger partial charge is 0.252 e. The predicted octanol–water partition coefficient (Wildman–Crippen LogP) is 2.48. The zero-order valence-corrected chi connectivity index (χ0v) is 11.9. The van der Waals surface area contributed by atoms with Crippen molar-refractivity contribution in [3.63, 3.8) is 0 Å². The van der Waals surface area contributed by atoms with Gasteiger partial charge in [-0.2, -0.15) is 0 Å². The Morgan fingerprint density at radius 1 is 1.50 bits per heavy atom. The SMILES string of the molecule is CCCC(C)NC(=O)c1cc(F)ccc1C#CCCO. The Hall–Kier alpha value is -1.86. The van der Waals surface area contributed by atoms with Crippen LogP contribution in [0.5, 0.6) is 0 Å². The zero-order chi connectivity index (χ0) is 15.0. The van der Waals surface area contributed by atoms with Gasteiger partial charge in [0, 0.05) is 18.0 Å². The quantitative estimate of drug-likeness (QED) is 0.812. The Morgan fingerprint density at radius 3 is 2.90 bits per heavy atom. The Balaban J connectivity index is 2.94. The maximum absolute atomic E-state index is 13.3. The van der Waals surface area contributed by atoms with Gasteiger partial charge in [0.05, 0.1) is 12.2 Å². The Labute approximate surface area is 119 Å². The minimum atomic E-state index is -0.467. The van der Waals surface area contributed by atoms with Crippen LogP contribution in [0.4, 0.5) is 4.39 Å². The van der Waals surface area contributed by atoms with Gasteiger partial charge in [-0.15, -0.1) is 0 Å². The maximum Gasteiger partial charge on any atom is 0.252 e. The van der Waals surface area contributed by atoms with Crippen LogP contribution < -0.4 is 5.32 Å². The number of rotatable bonds is 5. The van der Waals surface area contributed by atoms with Crippen molar-refractivity contribution in [3.05, 3.63) is 35.1 Å². The fourth-order valence-electron chi connectivity index (χ4n) is 1.83. The third kappa shape index (κ3) is 5.02. The summed E-state index contributed by atoms with van der Waals surface area (Å²) in [7, 11) is 0. The molecule has 1 unspecified atom stereocenters. The van der Waals surface area contributed by atoms with Crippen LogP contribution in [0.25, 0.3) is 0 Å². The molecule has 2 N–H and O–H groups in total. The largest absolute Gasteiger partial charge is 0.395 e. The summed E-state index contributed by atoms with van der Waals surface area (Å²) >= 11 is 0. The molecule has 1 atom stereocenters. The summed E-state index contributed by atoms with van der Waals surface area (Å²) < 4.78 is 13.3. The van der Waals surface area contributed by atoms with Crippen LogP contribution in [0.2, 0.25) is 0 Å². The average molecular weight is 277 g/mol. The highest BCUT2D eigenvalue weighted by Gasteiger charge is 2.13. The highest BCUT2D eigenvalue weighted by molar-refractivity contribution is 5.96. The van der Waals surface area contributed by atoms with Crippen molar-refractivity contribution < 1.29 is 14.3 Å². The first-order valence-corrected chi connectivity index (χ1v) is 6.78. The molecule has 0 saturated carbocycles. The molecule has 0 bridgehead atoms. The molecule has 0 saturated heterocycles. The van der Waals surface area contributed by atoms with Gasteiger partial charge in [0.15, 0.2) is 0 Å². The lowest BCUT2D eigenvalue weighted by atomic mass is 10.1. The van der Waals surface area contributed by atoms with Crippen LogP contribution in [0, 0.1) is 17.7 Å². The second-order valence-corrected chi connectivity index (χ2v) is 4.63. The molecule has 0 fully saturated rings. The van der Waals surface area contributed by atoms with Crippen molar-refractivity contribution in [1.82, 2.24) is 5.32 Å². The molecule has 20 heavy (non-hydrogen) atoms. The van der Waals surface area contributed by atoms with Crippen LogP contribution in [0.15, 0.2) is 18.2 Å². The minimum absolute atomic E-state index is 0.0361. The van der Waals surface area contributed by atoms with Crippen molar-refractivity contribution in [1.29, 1.82) is 0 Å². The third-order valence-electron chi connectivity index (χ3n) is 2.79. The Morgan fingerprint density at radius 2 is 2.25 bits per heavy atom. The highest BCUT2D eigenvalue weighted by atomic mass is 19.1. The van der Waals surface area contributed by atoms with Crippen molar-refractivity contribution in [2.75, 3.05) is 6.61 Å². The number of carbonyl (C=O) groups excluding carboxylic acids is 1. The molecule has 1 rings (SSSR count). The second kappa shape index (κ2) is 8.34. The average Bonchev–Trinajstić information content (AvgIpc) is 2.40. The first-order chi connectivity index (χ1) is 9.58. The molecule has 1 aromatic rings. The summed E-state index contributed by atoms with van der Waals surface area (Å²) in [5.41, 5.74) is 0.708. The summed E-state index contributed by atoms with van der Waals surface area (Å²) in [5, 5.41) is 11.5. The van der Waals surface area contributed by atoms with Gasteiger partial charge in [-0.3, -0.25) is 4.79 Å². The molecule has 0 aromatic heterocycles. The molecule has 3 nitrogen and oxygen atoms in total. The van der Waals surface area contributed by atoms with Crippen LogP contribution in [0.3, 0.4) is 0 Å². The molecule has 4 heteroatoms. The van der Waals surface area contributed by atoms with Gasteiger partial charge in [-0.1, -0.05) is 25.2 Å². The molecule has 1 aromatic carbocycles. The number of nitrogens with one attached hydrogen (secondary N) is 1. The topological polar surface area (TPSA) is 49.3 Å². The molecule has 0 aliphatic rings. The summed E-state index contributed by atoms with van der Waals surface area (Å²) in [6.07, 6.45) is 2.16. The number of carbonyl (C=O) groups is 1. The van der Waals surface area contributed by atoms with Crippen LogP contribution >= 0.6 is 0 Å². The summed E-state index contributed by atoms with van der Waals surface area (Å²) in [4.78, 5) is 12.1. The van der Waals surface area contributed by atoms with Gasteiger partial charge in [-0.25, -0.2) is 4.39 Å². The van der Waals surface area contributed by atoms with Gasteiger partial charge < -0.3 is 10.4 Å². The molecule has 0 aliphatic carbocycles. The van der Waals surface area contributed by atoms with E-state index in [9.17, 15) is 9.18 Å². The molecule has 108 valence electrons. The number of benzene rings is 1. The van der Waals surface area contributed by atoms with E-state index in [4.69, 9.17) is 5.11 Å². The van der Waals surface area contributed by atoms with Crippen molar-refractivity contribution in [2.24, 2.45) is 0 Å². The van der Waals surface area contributed by atoms with Gasteiger partial charge in [0.2, 0.25) is 0 Å². The van der Waals surface area contributed by atoms with Gasteiger partial charge >= 0.3 is 0 Å². The Kier molecular flexibility index (Phi) is 6.75. The van der Waals surface area contributed by atoms with Crippen LogP contribution in [-0.2, 0) is 0 Å². The molecule has 0 radical (unpaired) electrons. The standard InChI is InChI=1S/C16H20FNO2/c1-3-6-12(2)18-16(20)15-11-14(17)9-8-13(15)7-4-5-10-19/h8-9,11-12,19H,3,5-6,10H2,1-2H3,(H,18,20). The van der Waals surface area contributed by atoms with E-state index in [1.165, 1.54) is 18.2 Å². The van der Waals surface area contributed by atoms with E-state index in [0.29, 0.717) is 12.0 Å². The molecule has 0 heterocycles. The number of amides is 1. The lowest BCUT2D eigenvalue weighted by Gasteiger charge is -2.13. The van der Waals surface area contributed by atoms with Crippen molar-refractivity contribution in [3.8, 4) is 11.8 Å². The monoisotopic (exact) mass is 277 g/mol. The fraction of sp³-hybridized carbons (Fsp3) is 0.438. The van der Waals surface area contributed by atoms with Gasteiger partial charge in [0.25, 0.3) is 5.91 Å². The lowest BCUT2D eigenvalue weighted by molar-refractivity contribution is 0.0937. The highest BCUT2D eigenvalue weighted by Crippen LogP contribution is 2.11. The predicted molar refractivity (Wildman–Crippen MR) is 76.8 cm³/mol. The second-order valence-electron chi connectivity index (χ2n) is 4.63. The molecular weight excluding hydrogens is 257 g/mol. The van der Waals surface area contributed by atoms with Gasteiger partial charge in [-0.05, 0) is 31.5 Å². The molecular formula is C16H20FNO2. The van der Waals surface area contributed by atoms with Gasteiger partial charge in [0.1, 0.15) is 5.82 Å². The Bertz CT molecular complexity index is 517. The summed E-state index contributed by atoms with van der Waals surface area (Å²) in [5.74, 6) is 4.74. The van der Waals surface area contributed by atoms with Crippen molar-refractivity contribution >= 4 is 5.91 Å². The van der Waals surface area contributed by atoms with E-state index in [1.807, 2.05) is 13.8 Å². The summed E-state index contributed by atoms with van der Waals surface area (Å²) in [6, 6.07) is 3.99. The zero-order valence-electron chi connectivity index (χ0n) is 11.9. The van der Waals surface area contributed by atoms with E-state index >= 15 is 0 Å². The molecule has 0 aliphatic heterocycles. The van der Waals surface area contributed by atoms with E-state index in [1.54, 1.807) is 0 Å². The number of halogens is 1. The number of hydrogen-bond donors (Lipinski definition) is 2. The first kappa shape index (κ1) is 16.2. The number of aliphatic hydroxyl groups is 1. The van der Waals surface area contributed by atoms with Crippen LogP contribution in [0.1, 0.15) is 49.0 Å². The molecule has 0 spiro atoms.